The maximum Gasteiger partial charge on any atom is 0.305 e. The standard InChI is InChI=1S/C67H127NO5/c1-3-5-7-9-11-13-15-17-19-21-22-24-28-31-35-39-43-47-51-55-59-65(70)64(63-69)68-66(71)60-56-52-48-44-40-36-32-29-25-23-26-30-34-38-42-46-50-54-58-62-73-67(72)61-57-53-49-45-41-37-33-27-20-18-16-14-12-10-8-6-4-2/h30,34,38,42,55,59,64-65,69-70H,3-29,31-33,35-37,39-41,43-54,56-58,60-63H2,1-2H3,(H,68,71)/b34-30-,42-38-,59-55+. The minimum atomic E-state index is -0.852. The summed E-state index contributed by atoms with van der Waals surface area (Å²) in [5.74, 6) is -0.0848. The van der Waals surface area contributed by atoms with E-state index in [4.69, 9.17) is 4.74 Å². The SMILES string of the molecule is CCCCCCCCCCCCCCCCCCCC/C=C/C(O)C(CO)NC(=O)CCCCCCCCCCCC/C=C\C=C/CCCCCOC(=O)CCCCCCCCCCCCCCCCCCC. The Hall–Kier alpha value is -1.92. The van der Waals surface area contributed by atoms with Crippen molar-refractivity contribution < 1.29 is 24.5 Å². The van der Waals surface area contributed by atoms with E-state index in [9.17, 15) is 19.8 Å². The molecule has 0 aromatic rings. The average Bonchev–Trinajstić information content (AvgIpc) is 3.39. The summed E-state index contributed by atoms with van der Waals surface area (Å²) in [4.78, 5) is 24.6. The second kappa shape index (κ2) is 62.6. The average molecular weight is 1030 g/mol. The number of hydrogen-bond acceptors (Lipinski definition) is 5. The second-order valence-electron chi connectivity index (χ2n) is 22.5. The molecule has 2 atom stereocenters. The number of hydrogen-bond donors (Lipinski definition) is 3. The summed E-state index contributed by atoms with van der Waals surface area (Å²) in [6.07, 6.45) is 79.1. The van der Waals surface area contributed by atoms with Gasteiger partial charge >= 0.3 is 5.97 Å². The van der Waals surface area contributed by atoms with Crippen molar-refractivity contribution >= 4 is 11.9 Å². The van der Waals surface area contributed by atoms with Crippen molar-refractivity contribution in [3.8, 4) is 0 Å². The first kappa shape index (κ1) is 71.1. The number of ether oxygens (including phenoxy) is 1. The van der Waals surface area contributed by atoms with E-state index in [0.717, 1.165) is 77.0 Å². The van der Waals surface area contributed by atoms with Crippen molar-refractivity contribution in [1.29, 1.82) is 0 Å². The first-order valence-corrected chi connectivity index (χ1v) is 32.8. The first-order valence-electron chi connectivity index (χ1n) is 32.8. The molecular formula is C67H127NO5. The third-order valence-electron chi connectivity index (χ3n) is 15.2. The Labute approximate surface area is 455 Å². The van der Waals surface area contributed by atoms with Gasteiger partial charge in [-0.3, -0.25) is 9.59 Å². The van der Waals surface area contributed by atoms with Crippen LogP contribution in [0.3, 0.4) is 0 Å². The van der Waals surface area contributed by atoms with Crippen LogP contribution >= 0.6 is 0 Å². The van der Waals surface area contributed by atoms with E-state index in [1.807, 2.05) is 6.08 Å². The molecule has 0 saturated carbocycles. The molecule has 3 N–H and O–H groups in total. The molecule has 0 heterocycles. The summed E-state index contributed by atoms with van der Waals surface area (Å²) in [5.41, 5.74) is 0. The number of aliphatic hydroxyl groups excluding tert-OH is 2. The minimum absolute atomic E-state index is 0.00977. The first-order chi connectivity index (χ1) is 36.0. The third kappa shape index (κ3) is 59.2. The van der Waals surface area contributed by atoms with Gasteiger partial charge in [-0.2, -0.15) is 0 Å². The van der Waals surface area contributed by atoms with Crippen molar-refractivity contribution in [3.63, 3.8) is 0 Å². The predicted octanol–water partition coefficient (Wildman–Crippen LogP) is 20.8. The Balaban J connectivity index is 3.49. The number of allylic oxidation sites excluding steroid dienone is 5. The highest BCUT2D eigenvalue weighted by Crippen LogP contribution is 2.18. The number of amides is 1. The molecule has 0 aromatic heterocycles. The van der Waals surface area contributed by atoms with Crippen LogP contribution in [0.15, 0.2) is 36.5 Å². The summed E-state index contributed by atoms with van der Waals surface area (Å²) in [6, 6.07) is -0.637. The van der Waals surface area contributed by atoms with Gasteiger partial charge < -0.3 is 20.3 Å². The van der Waals surface area contributed by atoms with Gasteiger partial charge in [0.05, 0.1) is 25.4 Å². The number of aliphatic hydroxyl groups is 2. The predicted molar refractivity (Wildman–Crippen MR) is 319 cm³/mol. The van der Waals surface area contributed by atoms with Crippen molar-refractivity contribution in [2.45, 2.75) is 366 Å². The second-order valence-corrected chi connectivity index (χ2v) is 22.5. The van der Waals surface area contributed by atoms with Gasteiger partial charge in [0, 0.05) is 12.8 Å². The van der Waals surface area contributed by atoms with E-state index < -0.39 is 12.1 Å². The molecule has 0 rings (SSSR count). The quantitative estimate of drug-likeness (QED) is 0.0244. The van der Waals surface area contributed by atoms with E-state index in [1.54, 1.807) is 6.08 Å². The maximum absolute atomic E-state index is 12.5. The molecule has 0 aliphatic rings. The van der Waals surface area contributed by atoms with Crippen molar-refractivity contribution in [2.75, 3.05) is 13.2 Å². The van der Waals surface area contributed by atoms with Crippen LogP contribution in [-0.2, 0) is 14.3 Å². The minimum Gasteiger partial charge on any atom is -0.466 e. The largest absolute Gasteiger partial charge is 0.466 e. The van der Waals surface area contributed by atoms with Crippen LogP contribution in [0.1, 0.15) is 354 Å². The van der Waals surface area contributed by atoms with Gasteiger partial charge in [-0.05, 0) is 64.2 Å². The lowest BCUT2D eigenvalue weighted by Gasteiger charge is -2.20. The Morgan fingerprint density at radius 2 is 0.671 bits per heavy atom. The van der Waals surface area contributed by atoms with E-state index in [1.165, 1.54) is 250 Å². The molecule has 0 fully saturated rings. The molecular weight excluding hydrogens is 899 g/mol. The third-order valence-corrected chi connectivity index (χ3v) is 15.2. The number of unbranched alkanes of at least 4 members (excludes halogenated alkanes) is 47. The lowest BCUT2D eigenvalue weighted by Crippen LogP contribution is -2.45. The summed E-state index contributed by atoms with van der Waals surface area (Å²) in [7, 11) is 0. The van der Waals surface area contributed by atoms with Crippen LogP contribution < -0.4 is 5.32 Å². The zero-order valence-corrected chi connectivity index (χ0v) is 49.1. The fourth-order valence-corrected chi connectivity index (χ4v) is 10.2. The number of esters is 1. The van der Waals surface area contributed by atoms with Gasteiger partial charge in [-0.1, -0.05) is 314 Å². The van der Waals surface area contributed by atoms with E-state index in [0.29, 0.717) is 19.4 Å². The number of rotatable bonds is 61. The molecule has 0 aromatic carbocycles. The van der Waals surface area contributed by atoms with Crippen molar-refractivity contribution in [1.82, 2.24) is 5.32 Å². The molecule has 0 aliphatic carbocycles. The van der Waals surface area contributed by atoms with Crippen LogP contribution in [-0.4, -0.2) is 47.4 Å². The lowest BCUT2D eigenvalue weighted by molar-refractivity contribution is -0.143. The molecule has 0 aliphatic heterocycles. The van der Waals surface area contributed by atoms with Gasteiger partial charge in [-0.15, -0.1) is 0 Å². The van der Waals surface area contributed by atoms with Crippen LogP contribution in [0.2, 0.25) is 0 Å². The van der Waals surface area contributed by atoms with E-state index in [-0.39, 0.29) is 18.5 Å². The summed E-state index contributed by atoms with van der Waals surface area (Å²) >= 11 is 0. The molecule has 2 unspecified atom stereocenters. The van der Waals surface area contributed by atoms with Gasteiger partial charge in [0.1, 0.15) is 0 Å². The maximum atomic E-state index is 12.5. The van der Waals surface area contributed by atoms with Gasteiger partial charge in [-0.25, -0.2) is 0 Å². The van der Waals surface area contributed by atoms with Crippen LogP contribution in [0.5, 0.6) is 0 Å². The Bertz CT molecular complexity index is 1180. The molecule has 73 heavy (non-hydrogen) atoms. The topological polar surface area (TPSA) is 95.9 Å². The monoisotopic (exact) mass is 1030 g/mol. The highest BCUT2D eigenvalue weighted by Gasteiger charge is 2.18. The van der Waals surface area contributed by atoms with Gasteiger partial charge in [0.15, 0.2) is 0 Å². The Morgan fingerprint density at radius 3 is 1.01 bits per heavy atom. The summed E-state index contributed by atoms with van der Waals surface area (Å²) in [6.45, 7) is 4.89. The summed E-state index contributed by atoms with van der Waals surface area (Å²) in [5, 5.41) is 23.2. The molecule has 0 radical (unpaired) electrons. The molecule has 430 valence electrons. The fraction of sp³-hybridized carbons (Fsp3) is 0.881. The highest BCUT2D eigenvalue weighted by atomic mass is 16.5. The van der Waals surface area contributed by atoms with E-state index >= 15 is 0 Å². The molecule has 1 amide bonds. The molecule has 6 heteroatoms. The smallest absolute Gasteiger partial charge is 0.305 e. The van der Waals surface area contributed by atoms with Gasteiger partial charge in [0.25, 0.3) is 0 Å². The zero-order valence-electron chi connectivity index (χ0n) is 49.1. The molecule has 6 nitrogen and oxygen atoms in total. The Morgan fingerprint density at radius 1 is 0.384 bits per heavy atom. The molecule has 0 spiro atoms. The fourth-order valence-electron chi connectivity index (χ4n) is 10.2. The number of carbonyl (C=O) groups excluding carboxylic acids is 2. The van der Waals surface area contributed by atoms with Crippen LogP contribution in [0.25, 0.3) is 0 Å². The zero-order chi connectivity index (χ0) is 52.9. The normalized spacial score (nSPS) is 12.8. The number of nitrogens with one attached hydrogen (secondary N) is 1. The number of carbonyl (C=O) groups is 2. The van der Waals surface area contributed by atoms with Gasteiger partial charge in [0.2, 0.25) is 5.91 Å². The molecule has 0 saturated heterocycles. The lowest BCUT2D eigenvalue weighted by atomic mass is 10.0. The highest BCUT2D eigenvalue weighted by molar-refractivity contribution is 5.76. The van der Waals surface area contributed by atoms with E-state index in [2.05, 4.69) is 43.5 Å². The summed E-state index contributed by atoms with van der Waals surface area (Å²) < 4.78 is 5.47. The molecule has 0 bridgehead atoms. The van der Waals surface area contributed by atoms with Crippen LogP contribution in [0, 0.1) is 0 Å². The van der Waals surface area contributed by atoms with Crippen molar-refractivity contribution in [2.24, 2.45) is 0 Å². The van der Waals surface area contributed by atoms with Crippen molar-refractivity contribution in [3.05, 3.63) is 36.5 Å². The van der Waals surface area contributed by atoms with Crippen LogP contribution in [0.4, 0.5) is 0 Å². The Kier molecular flexibility index (Phi) is 61.0.